The first-order valence-corrected chi connectivity index (χ1v) is 8.53. The Morgan fingerprint density at radius 3 is 2.63 bits per heavy atom. The first-order valence-electron chi connectivity index (χ1n) is 8.53. The molecule has 0 amide bonds. The fourth-order valence-corrected chi connectivity index (χ4v) is 2.46. The minimum absolute atomic E-state index is 0.0845. The van der Waals surface area contributed by atoms with Crippen molar-refractivity contribution in [1.82, 2.24) is 10.1 Å². The Labute approximate surface area is 156 Å². The number of aromatic nitrogens is 2. The van der Waals surface area contributed by atoms with Crippen molar-refractivity contribution >= 4 is 5.97 Å². The molecule has 140 valence electrons. The van der Waals surface area contributed by atoms with Gasteiger partial charge in [-0.15, -0.1) is 0 Å². The van der Waals surface area contributed by atoms with Crippen LogP contribution in [-0.4, -0.2) is 29.8 Å². The molecule has 0 atom stereocenters. The van der Waals surface area contributed by atoms with Gasteiger partial charge in [-0.2, -0.15) is 4.98 Å². The third-order valence-electron chi connectivity index (χ3n) is 3.76. The highest BCUT2D eigenvalue weighted by Crippen LogP contribution is 2.27. The van der Waals surface area contributed by atoms with Gasteiger partial charge in [0.2, 0.25) is 5.82 Å². The maximum atomic E-state index is 12.0. The predicted octanol–water partition coefficient (Wildman–Crippen LogP) is 3.43. The molecule has 3 rings (SSSR count). The van der Waals surface area contributed by atoms with Crippen LogP contribution < -0.4 is 9.47 Å². The number of para-hydroxylation sites is 1. The van der Waals surface area contributed by atoms with Gasteiger partial charge in [0.15, 0.2) is 6.61 Å². The lowest BCUT2D eigenvalue weighted by Gasteiger charge is -2.06. The first-order chi connectivity index (χ1) is 13.2. The monoisotopic (exact) mass is 368 g/mol. The van der Waals surface area contributed by atoms with E-state index in [2.05, 4.69) is 10.1 Å². The Morgan fingerprint density at radius 2 is 1.89 bits per heavy atom. The molecule has 2 aromatic carbocycles. The summed E-state index contributed by atoms with van der Waals surface area (Å²) in [6.45, 7) is 2.35. The SMILES string of the molecule is CCOc1ccccc1-c1noc(COC(=O)Cc2ccc(OC)cc2)n1. The van der Waals surface area contributed by atoms with Gasteiger partial charge >= 0.3 is 5.97 Å². The average Bonchev–Trinajstić information content (AvgIpc) is 3.16. The number of methoxy groups -OCH3 is 1. The summed E-state index contributed by atoms with van der Waals surface area (Å²) in [5.74, 6) is 1.64. The third kappa shape index (κ3) is 4.84. The highest BCUT2D eigenvalue weighted by atomic mass is 16.6. The standard InChI is InChI=1S/C20H20N2O5/c1-3-25-17-7-5-4-6-16(17)20-21-18(27-22-20)13-26-19(23)12-14-8-10-15(24-2)11-9-14/h4-11H,3,12-13H2,1-2H3. The van der Waals surface area contributed by atoms with Crippen molar-refractivity contribution in [3.63, 3.8) is 0 Å². The molecule has 0 aliphatic rings. The van der Waals surface area contributed by atoms with Gasteiger partial charge in [-0.3, -0.25) is 4.79 Å². The number of rotatable bonds is 8. The van der Waals surface area contributed by atoms with E-state index in [1.165, 1.54) is 0 Å². The van der Waals surface area contributed by atoms with E-state index >= 15 is 0 Å². The summed E-state index contributed by atoms with van der Waals surface area (Å²) in [4.78, 5) is 16.3. The number of carbonyl (C=O) groups excluding carboxylic acids is 1. The zero-order valence-electron chi connectivity index (χ0n) is 15.2. The molecular formula is C20H20N2O5. The van der Waals surface area contributed by atoms with Crippen molar-refractivity contribution < 1.29 is 23.5 Å². The highest BCUT2D eigenvalue weighted by Gasteiger charge is 2.14. The summed E-state index contributed by atoms with van der Waals surface area (Å²) in [6, 6.07) is 14.6. The minimum atomic E-state index is -0.380. The van der Waals surface area contributed by atoms with Crippen LogP contribution in [0.15, 0.2) is 53.1 Å². The molecule has 0 spiro atoms. The van der Waals surface area contributed by atoms with E-state index in [9.17, 15) is 4.79 Å². The number of nitrogens with zero attached hydrogens (tertiary/aromatic N) is 2. The van der Waals surface area contributed by atoms with Crippen molar-refractivity contribution in [2.24, 2.45) is 0 Å². The summed E-state index contributed by atoms with van der Waals surface area (Å²) >= 11 is 0. The van der Waals surface area contributed by atoms with Gasteiger partial charge in [-0.05, 0) is 36.8 Å². The molecule has 7 heteroatoms. The molecular weight excluding hydrogens is 348 g/mol. The number of carbonyl (C=O) groups is 1. The number of hydrogen-bond donors (Lipinski definition) is 0. The summed E-state index contributed by atoms with van der Waals surface area (Å²) < 4.78 is 21.0. The van der Waals surface area contributed by atoms with Crippen molar-refractivity contribution in [2.75, 3.05) is 13.7 Å². The van der Waals surface area contributed by atoms with E-state index in [4.69, 9.17) is 18.7 Å². The van der Waals surface area contributed by atoms with Gasteiger partial charge in [-0.25, -0.2) is 0 Å². The van der Waals surface area contributed by atoms with Crippen LogP contribution >= 0.6 is 0 Å². The van der Waals surface area contributed by atoms with Crippen molar-refractivity contribution in [1.29, 1.82) is 0 Å². The zero-order chi connectivity index (χ0) is 19.1. The Balaban J connectivity index is 1.58. The Morgan fingerprint density at radius 1 is 1.11 bits per heavy atom. The molecule has 0 aliphatic carbocycles. The van der Waals surface area contributed by atoms with Crippen molar-refractivity contribution in [2.45, 2.75) is 20.0 Å². The molecule has 0 N–H and O–H groups in total. The topological polar surface area (TPSA) is 83.7 Å². The fourth-order valence-electron chi connectivity index (χ4n) is 2.46. The lowest BCUT2D eigenvalue weighted by atomic mass is 10.1. The highest BCUT2D eigenvalue weighted by molar-refractivity contribution is 5.72. The second kappa shape index (κ2) is 8.84. The maximum absolute atomic E-state index is 12.0. The van der Waals surface area contributed by atoms with Crippen LogP contribution in [0, 0.1) is 0 Å². The minimum Gasteiger partial charge on any atom is -0.497 e. The third-order valence-corrected chi connectivity index (χ3v) is 3.76. The summed E-state index contributed by atoms with van der Waals surface area (Å²) in [7, 11) is 1.59. The van der Waals surface area contributed by atoms with E-state index in [1.807, 2.05) is 43.3 Å². The first kappa shape index (κ1) is 18.4. The molecule has 3 aromatic rings. The quantitative estimate of drug-likeness (QED) is 0.563. The molecule has 0 radical (unpaired) electrons. The van der Waals surface area contributed by atoms with Crippen LogP contribution in [0.1, 0.15) is 18.4 Å². The summed E-state index contributed by atoms with van der Waals surface area (Å²) in [6.07, 6.45) is 0.151. The lowest BCUT2D eigenvalue weighted by molar-refractivity contribution is -0.144. The Kier molecular flexibility index (Phi) is 6.04. The Hall–Kier alpha value is -3.35. The summed E-state index contributed by atoms with van der Waals surface area (Å²) in [5.41, 5.74) is 1.55. The van der Waals surface area contributed by atoms with Gasteiger partial charge in [0.25, 0.3) is 5.89 Å². The summed E-state index contributed by atoms with van der Waals surface area (Å²) in [5, 5.41) is 3.94. The lowest BCUT2D eigenvalue weighted by Crippen LogP contribution is -2.08. The second-order valence-electron chi connectivity index (χ2n) is 5.63. The molecule has 1 aromatic heterocycles. The molecule has 0 bridgehead atoms. The predicted molar refractivity (Wildman–Crippen MR) is 97.4 cm³/mol. The van der Waals surface area contributed by atoms with Crippen LogP contribution in [0.2, 0.25) is 0 Å². The zero-order valence-corrected chi connectivity index (χ0v) is 15.2. The average molecular weight is 368 g/mol. The number of benzene rings is 2. The fraction of sp³-hybridized carbons (Fsp3) is 0.250. The van der Waals surface area contributed by atoms with Gasteiger partial charge in [0.1, 0.15) is 11.5 Å². The molecule has 27 heavy (non-hydrogen) atoms. The number of ether oxygens (including phenoxy) is 3. The molecule has 0 unspecified atom stereocenters. The van der Waals surface area contributed by atoms with E-state index in [-0.39, 0.29) is 24.9 Å². The van der Waals surface area contributed by atoms with E-state index < -0.39 is 0 Å². The molecule has 0 saturated carbocycles. The van der Waals surface area contributed by atoms with E-state index in [0.717, 1.165) is 16.9 Å². The van der Waals surface area contributed by atoms with Crippen LogP contribution in [-0.2, 0) is 22.6 Å². The van der Waals surface area contributed by atoms with Crippen molar-refractivity contribution in [3.05, 3.63) is 60.0 Å². The molecule has 0 fully saturated rings. The largest absolute Gasteiger partial charge is 0.497 e. The van der Waals surface area contributed by atoms with Crippen LogP contribution in [0.25, 0.3) is 11.4 Å². The van der Waals surface area contributed by atoms with Gasteiger partial charge in [0.05, 0.1) is 25.7 Å². The molecule has 0 saturated heterocycles. The van der Waals surface area contributed by atoms with Crippen LogP contribution in [0.5, 0.6) is 11.5 Å². The van der Waals surface area contributed by atoms with E-state index in [0.29, 0.717) is 18.2 Å². The van der Waals surface area contributed by atoms with Crippen LogP contribution in [0.3, 0.4) is 0 Å². The maximum Gasteiger partial charge on any atom is 0.310 e. The molecule has 7 nitrogen and oxygen atoms in total. The number of hydrogen-bond acceptors (Lipinski definition) is 7. The van der Waals surface area contributed by atoms with Crippen LogP contribution in [0.4, 0.5) is 0 Å². The van der Waals surface area contributed by atoms with Crippen molar-refractivity contribution in [3.8, 4) is 22.9 Å². The normalized spacial score (nSPS) is 10.4. The molecule has 1 heterocycles. The smallest absolute Gasteiger partial charge is 0.310 e. The second-order valence-corrected chi connectivity index (χ2v) is 5.63. The van der Waals surface area contributed by atoms with Gasteiger partial charge in [0, 0.05) is 0 Å². The Bertz CT molecular complexity index is 889. The van der Waals surface area contributed by atoms with Gasteiger partial charge < -0.3 is 18.7 Å². The number of esters is 1. The van der Waals surface area contributed by atoms with Gasteiger partial charge in [-0.1, -0.05) is 29.4 Å². The molecule has 0 aliphatic heterocycles. The van der Waals surface area contributed by atoms with E-state index in [1.54, 1.807) is 19.2 Å².